The Morgan fingerprint density at radius 2 is 2.00 bits per heavy atom. The van der Waals surface area contributed by atoms with Crippen molar-refractivity contribution in [3.63, 3.8) is 0 Å². The lowest BCUT2D eigenvalue weighted by molar-refractivity contribution is -0.0980. The fraction of sp³-hybridized carbons (Fsp3) is 1.00. The van der Waals surface area contributed by atoms with Gasteiger partial charge in [0.2, 0.25) is 0 Å². The topological polar surface area (TPSA) is 21.3 Å². The van der Waals surface area contributed by atoms with Gasteiger partial charge in [-0.05, 0) is 45.1 Å². The van der Waals surface area contributed by atoms with Crippen LogP contribution in [0.2, 0.25) is 0 Å². The van der Waals surface area contributed by atoms with Crippen LogP contribution in [-0.4, -0.2) is 25.3 Å². The van der Waals surface area contributed by atoms with E-state index < -0.39 is 0 Å². The zero-order chi connectivity index (χ0) is 13.6. The standard InChI is InChI=1S/C17H33NO/c1-3-4-5-6-9-16(18-2)15-10-13-19-17(14-15)11-7-8-12-17/h15-16,18H,3-14H2,1-2H3. The second kappa shape index (κ2) is 7.64. The van der Waals surface area contributed by atoms with E-state index in [-0.39, 0.29) is 5.60 Å². The molecule has 2 unspecified atom stereocenters. The largest absolute Gasteiger partial charge is 0.375 e. The summed E-state index contributed by atoms with van der Waals surface area (Å²) in [6.07, 6.45) is 14.9. The molecule has 1 heterocycles. The summed E-state index contributed by atoms with van der Waals surface area (Å²) in [7, 11) is 2.15. The first-order chi connectivity index (χ1) is 9.29. The molecular weight excluding hydrogens is 234 g/mol. The summed E-state index contributed by atoms with van der Waals surface area (Å²) in [5.41, 5.74) is 0.279. The number of hydrogen-bond donors (Lipinski definition) is 1. The van der Waals surface area contributed by atoms with Crippen molar-refractivity contribution in [2.45, 2.75) is 89.2 Å². The molecule has 0 aromatic heterocycles. The molecule has 1 aliphatic heterocycles. The van der Waals surface area contributed by atoms with E-state index >= 15 is 0 Å². The smallest absolute Gasteiger partial charge is 0.0685 e. The van der Waals surface area contributed by atoms with Gasteiger partial charge in [0, 0.05) is 12.6 Å². The van der Waals surface area contributed by atoms with E-state index in [0.29, 0.717) is 0 Å². The molecule has 2 nitrogen and oxygen atoms in total. The monoisotopic (exact) mass is 267 g/mol. The van der Waals surface area contributed by atoms with Crippen LogP contribution in [0, 0.1) is 5.92 Å². The Morgan fingerprint density at radius 1 is 1.21 bits per heavy atom. The average molecular weight is 267 g/mol. The van der Waals surface area contributed by atoms with Gasteiger partial charge in [0.15, 0.2) is 0 Å². The molecule has 2 rings (SSSR count). The maximum absolute atomic E-state index is 6.17. The molecule has 19 heavy (non-hydrogen) atoms. The molecule has 2 heteroatoms. The highest BCUT2D eigenvalue weighted by Gasteiger charge is 2.41. The lowest BCUT2D eigenvalue weighted by Gasteiger charge is -2.41. The third-order valence-corrected chi connectivity index (χ3v) is 5.35. The quantitative estimate of drug-likeness (QED) is 0.695. The lowest BCUT2D eigenvalue weighted by Crippen LogP contribution is -2.44. The molecule has 1 saturated carbocycles. The molecule has 2 fully saturated rings. The van der Waals surface area contributed by atoms with E-state index in [4.69, 9.17) is 4.74 Å². The van der Waals surface area contributed by atoms with Crippen molar-refractivity contribution in [1.82, 2.24) is 5.32 Å². The van der Waals surface area contributed by atoms with Crippen LogP contribution in [0.15, 0.2) is 0 Å². The van der Waals surface area contributed by atoms with Crippen LogP contribution >= 0.6 is 0 Å². The molecule has 1 spiro atoms. The van der Waals surface area contributed by atoms with Gasteiger partial charge in [-0.2, -0.15) is 0 Å². The predicted octanol–water partition coefficient (Wildman–Crippen LogP) is 4.28. The molecule has 112 valence electrons. The summed E-state index contributed by atoms with van der Waals surface area (Å²) in [6.45, 7) is 3.29. The lowest BCUT2D eigenvalue weighted by atomic mass is 9.79. The van der Waals surface area contributed by atoms with Crippen LogP contribution in [0.25, 0.3) is 0 Å². The average Bonchev–Trinajstić information content (AvgIpc) is 2.87. The number of unbranched alkanes of at least 4 members (excludes halogenated alkanes) is 3. The molecule has 0 aromatic carbocycles. The van der Waals surface area contributed by atoms with E-state index in [1.807, 2.05) is 0 Å². The highest BCUT2D eigenvalue weighted by molar-refractivity contribution is 4.94. The molecule has 0 radical (unpaired) electrons. The minimum absolute atomic E-state index is 0.279. The minimum atomic E-state index is 0.279. The van der Waals surface area contributed by atoms with Crippen molar-refractivity contribution < 1.29 is 4.74 Å². The third-order valence-electron chi connectivity index (χ3n) is 5.35. The van der Waals surface area contributed by atoms with Gasteiger partial charge in [-0.15, -0.1) is 0 Å². The van der Waals surface area contributed by atoms with E-state index in [2.05, 4.69) is 19.3 Å². The molecular formula is C17H33NO. The molecule has 0 bridgehead atoms. The molecule has 1 N–H and O–H groups in total. The summed E-state index contributed by atoms with van der Waals surface area (Å²) in [4.78, 5) is 0. The molecule has 2 aliphatic rings. The van der Waals surface area contributed by atoms with Crippen molar-refractivity contribution in [3.8, 4) is 0 Å². The molecule has 0 amide bonds. The van der Waals surface area contributed by atoms with E-state index in [1.54, 1.807) is 0 Å². The van der Waals surface area contributed by atoms with Crippen LogP contribution in [0.4, 0.5) is 0 Å². The van der Waals surface area contributed by atoms with Gasteiger partial charge >= 0.3 is 0 Å². The first kappa shape index (κ1) is 15.3. The van der Waals surface area contributed by atoms with Crippen LogP contribution < -0.4 is 5.32 Å². The second-order valence-corrected chi connectivity index (χ2v) is 6.74. The molecule has 1 saturated heterocycles. The van der Waals surface area contributed by atoms with Crippen LogP contribution in [0.5, 0.6) is 0 Å². The highest BCUT2D eigenvalue weighted by Crippen LogP contribution is 2.43. The van der Waals surface area contributed by atoms with Crippen molar-refractivity contribution in [1.29, 1.82) is 0 Å². The van der Waals surface area contributed by atoms with E-state index in [1.165, 1.54) is 70.6 Å². The molecule has 1 aliphatic carbocycles. The number of hydrogen-bond acceptors (Lipinski definition) is 2. The second-order valence-electron chi connectivity index (χ2n) is 6.74. The summed E-state index contributed by atoms with van der Waals surface area (Å²) in [5.74, 6) is 0.846. The zero-order valence-electron chi connectivity index (χ0n) is 13.0. The normalized spacial score (nSPS) is 27.8. The summed E-state index contributed by atoms with van der Waals surface area (Å²) < 4.78 is 6.17. The number of ether oxygens (including phenoxy) is 1. The predicted molar refractivity (Wildman–Crippen MR) is 81.5 cm³/mol. The van der Waals surface area contributed by atoms with Gasteiger partial charge in [-0.25, -0.2) is 0 Å². The third kappa shape index (κ3) is 4.19. The molecule has 0 aromatic rings. The van der Waals surface area contributed by atoms with Crippen LogP contribution in [0.1, 0.15) is 77.6 Å². The van der Waals surface area contributed by atoms with Crippen molar-refractivity contribution in [2.24, 2.45) is 5.92 Å². The number of rotatable bonds is 7. The Morgan fingerprint density at radius 3 is 2.68 bits per heavy atom. The van der Waals surface area contributed by atoms with Crippen LogP contribution in [0.3, 0.4) is 0 Å². The maximum Gasteiger partial charge on any atom is 0.0685 e. The molecule has 2 atom stereocenters. The summed E-state index contributed by atoms with van der Waals surface area (Å²) >= 11 is 0. The van der Waals surface area contributed by atoms with Gasteiger partial charge in [0.25, 0.3) is 0 Å². The first-order valence-corrected chi connectivity index (χ1v) is 8.61. The minimum Gasteiger partial charge on any atom is -0.375 e. The summed E-state index contributed by atoms with van der Waals surface area (Å²) in [6, 6.07) is 0.721. The fourth-order valence-corrected chi connectivity index (χ4v) is 4.18. The van der Waals surface area contributed by atoms with Gasteiger partial charge in [0.1, 0.15) is 0 Å². The van der Waals surface area contributed by atoms with Gasteiger partial charge in [-0.3, -0.25) is 0 Å². The van der Waals surface area contributed by atoms with E-state index in [0.717, 1.165) is 18.6 Å². The van der Waals surface area contributed by atoms with Gasteiger partial charge < -0.3 is 10.1 Å². The first-order valence-electron chi connectivity index (χ1n) is 8.61. The Bertz CT molecular complexity index is 248. The van der Waals surface area contributed by atoms with Gasteiger partial charge in [0.05, 0.1) is 5.60 Å². The Hall–Kier alpha value is -0.0800. The van der Waals surface area contributed by atoms with E-state index in [9.17, 15) is 0 Å². The maximum atomic E-state index is 6.17. The van der Waals surface area contributed by atoms with Crippen molar-refractivity contribution in [3.05, 3.63) is 0 Å². The fourth-order valence-electron chi connectivity index (χ4n) is 4.18. The SMILES string of the molecule is CCCCCCC(NC)C1CCOC2(CCCC2)C1. The zero-order valence-corrected chi connectivity index (χ0v) is 13.0. The van der Waals surface area contributed by atoms with Crippen molar-refractivity contribution >= 4 is 0 Å². The van der Waals surface area contributed by atoms with Crippen LogP contribution in [-0.2, 0) is 4.74 Å². The Balaban J connectivity index is 1.80. The van der Waals surface area contributed by atoms with Gasteiger partial charge in [-0.1, -0.05) is 45.4 Å². The number of nitrogens with one attached hydrogen (secondary N) is 1. The highest BCUT2D eigenvalue weighted by atomic mass is 16.5. The van der Waals surface area contributed by atoms with Crippen molar-refractivity contribution in [2.75, 3.05) is 13.7 Å². The Labute approximate surface area is 119 Å². The summed E-state index contributed by atoms with van der Waals surface area (Å²) in [5, 5.41) is 3.60. The Kier molecular flexibility index (Phi) is 6.15.